The van der Waals surface area contributed by atoms with Gasteiger partial charge in [-0.2, -0.15) is 0 Å². The number of hydrogen-bond acceptors (Lipinski definition) is 8. The Labute approximate surface area is 198 Å². The van der Waals surface area contributed by atoms with Gasteiger partial charge in [-0.25, -0.2) is 0 Å². The molecule has 0 saturated carbocycles. The van der Waals surface area contributed by atoms with Gasteiger partial charge in [-0.15, -0.1) is 0 Å². The molecule has 9 nitrogen and oxygen atoms in total. The van der Waals surface area contributed by atoms with Crippen LogP contribution < -0.4 is 14.2 Å². The average Bonchev–Trinajstić information content (AvgIpc) is 3.07. The van der Waals surface area contributed by atoms with E-state index in [0.29, 0.717) is 30.3 Å². The summed E-state index contributed by atoms with van der Waals surface area (Å²) in [5, 5.41) is 21.7. The predicted octanol–water partition coefficient (Wildman–Crippen LogP) is 3.27. The Balaban J connectivity index is 2.20. The molecule has 1 unspecified atom stereocenters. The SMILES string of the molecule is CCOc1ccc(/C(O)=C2/C(=O)C(=O)N(CCOC)C2c2ccc(OC)c(O)c2)c(OCC)c1. The molecule has 1 heterocycles. The molecule has 0 aromatic heterocycles. The number of ketones is 1. The minimum absolute atomic E-state index is 0.108. The molecular weight excluding hydrogens is 442 g/mol. The molecule has 2 aromatic carbocycles. The zero-order chi connectivity index (χ0) is 24.8. The molecule has 0 spiro atoms. The van der Waals surface area contributed by atoms with Crippen molar-refractivity contribution >= 4 is 17.4 Å². The van der Waals surface area contributed by atoms with Crippen molar-refractivity contribution in [3.63, 3.8) is 0 Å². The molecule has 34 heavy (non-hydrogen) atoms. The van der Waals surface area contributed by atoms with Crippen LogP contribution in [0.5, 0.6) is 23.0 Å². The van der Waals surface area contributed by atoms with E-state index in [1.54, 1.807) is 31.2 Å². The highest BCUT2D eigenvalue weighted by atomic mass is 16.5. The smallest absolute Gasteiger partial charge is 0.295 e. The fraction of sp³-hybridized carbons (Fsp3) is 0.360. The van der Waals surface area contributed by atoms with Crippen LogP contribution in [0.3, 0.4) is 0 Å². The van der Waals surface area contributed by atoms with Crippen LogP contribution in [-0.4, -0.2) is 67.4 Å². The third-order valence-corrected chi connectivity index (χ3v) is 5.41. The fourth-order valence-corrected chi connectivity index (χ4v) is 3.90. The number of hydrogen-bond donors (Lipinski definition) is 2. The van der Waals surface area contributed by atoms with E-state index in [9.17, 15) is 19.8 Å². The molecule has 1 fully saturated rings. The second kappa shape index (κ2) is 10.9. The lowest BCUT2D eigenvalue weighted by molar-refractivity contribution is -0.140. The van der Waals surface area contributed by atoms with Crippen LogP contribution in [-0.2, 0) is 14.3 Å². The van der Waals surface area contributed by atoms with Crippen molar-refractivity contribution in [2.45, 2.75) is 19.9 Å². The van der Waals surface area contributed by atoms with Crippen molar-refractivity contribution in [2.24, 2.45) is 0 Å². The summed E-state index contributed by atoms with van der Waals surface area (Å²) in [7, 11) is 2.90. The Morgan fingerprint density at radius 1 is 1.00 bits per heavy atom. The van der Waals surface area contributed by atoms with Crippen LogP contribution in [0.15, 0.2) is 42.0 Å². The van der Waals surface area contributed by atoms with Gasteiger partial charge in [-0.3, -0.25) is 9.59 Å². The van der Waals surface area contributed by atoms with Crippen molar-refractivity contribution in [3.8, 4) is 23.0 Å². The summed E-state index contributed by atoms with van der Waals surface area (Å²) in [5.74, 6) is -1.07. The van der Waals surface area contributed by atoms with Gasteiger partial charge in [0.2, 0.25) is 0 Å². The fourth-order valence-electron chi connectivity index (χ4n) is 3.90. The molecule has 1 aliphatic rings. The van der Waals surface area contributed by atoms with E-state index in [4.69, 9.17) is 18.9 Å². The van der Waals surface area contributed by atoms with Gasteiger partial charge in [0.15, 0.2) is 11.5 Å². The van der Waals surface area contributed by atoms with Crippen LogP contribution in [0.25, 0.3) is 5.76 Å². The summed E-state index contributed by atoms with van der Waals surface area (Å²) in [6, 6.07) is 8.47. The van der Waals surface area contributed by atoms with Gasteiger partial charge in [-0.1, -0.05) is 6.07 Å². The van der Waals surface area contributed by atoms with Gasteiger partial charge in [0, 0.05) is 19.7 Å². The normalized spacial score (nSPS) is 17.2. The van der Waals surface area contributed by atoms with Crippen LogP contribution >= 0.6 is 0 Å². The molecule has 0 aliphatic carbocycles. The number of phenols is 1. The molecule has 182 valence electrons. The van der Waals surface area contributed by atoms with Gasteiger partial charge in [0.25, 0.3) is 11.7 Å². The van der Waals surface area contributed by atoms with Crippen molar-refractivity contribution in [2.75, 3.05) is 40.6 Å². The molecule has 2 aromatic rings. The van der Waals surface area contributed by atoms with E-state index < -0.39 is 17.7 Å². The summed E-state index contributed by atoms with van der Waals surface area (Å²) < 4.78 is 21.4. The first-order valence-corrected chi connectivity index (χ1v) is 10.9. The number of benzene rings is 2. The Hall–Kier alpha value is -3.72. The number of Topliss-reactive ketones (excluding diaryl/α,β-unsaturated/α-hetero) is 1. The first kappa shape index (κ1) is 24.9. The lowest BCUT2D eigenvalue weighted by atomic mass is 9.94. The number of methoxy groups -OCH3 is 2. The quantitative estimate of drug-likeness (QED) is 0.308. The first-order valence-electron chi connectivity index (χ1n) is 10.9. The number of ether oxygens (including phenoxy) is 4. The number of aromatic hydroxyl groups is 1. The predicted molar refractivity (Wildman–Crippen MR) is 124 cm³/mol. The van der Waals surface area contributed by atoms with Crippen LogP contribution in [0, 0.1) is 0 Å². The zero-order valence-corrected chi connectivity index (χ0v) is 19.7. The van der Waals surface area contributed by atoms with Crippen molar-refractivity contribution in [3.05, 3.63) is 53.1 Å². The van der Waals surface area contributed by atoms with E-state index in [1.807, 2.05) is 6.92 Å². The lowest BCUT2D eigenvalue weighted by Crippen LogP contribution is -2.32. The maximum Gasteiger partial charge on any atom is 0.295 e. The Morgan fingerprint density at radius 2 is 1.74 bits per heavy atom. The topological polar surface area (TPSA) is 115 Å². The summed E-state index contributed by atoms with van der Waals surface area (Å²) in [5.41, 5.74) is 0.563. The second-order valence-corrected chi connectivity index (χ2v) is 7.44. The molecule has 2 N–H and O–H groups in total. The number of aliphatic hydroxyl groups is 1. The number of likely N-dealkylation sites (tertiary alicyclic amines) is 1. The average molecular weight is 472 g/mol. The molecular formula is C25H29NO8. The third kappa shape index (κ3) is 4.79. The monoisotopic (exact) mass is 471 g/mol. The highest BCUT2D eigenvalue weighted by Gasteiger charge is 2.46. The van der Waals surface area contributed by atoms with E-state index in [2.05, 4.69) is 0 Å². The van der Waals surface area contributed by atoms with Gasteiger partial charge in [0.1, 0.15) is 17.3 Å². The van der Waals surface area contributed by atoms with Crippen molar-refractivity contribution in [1.82, 2.24) is 4.90 Å². The van der Waals surface area contributed by atoms with Crippen LogP contribution in [0.4, 0.5) is 0 Å². The number of rotatable bonds is 10. The Bertz CT molecular complexity index is 1090. The molecule has 1 amide bonds. The number of nitrogens with zero attached hydrogens (tertiary/aromatic N) is 1. The molecule has 1 aliphatic heterocycles. The minimum Gasteiger partial charge on any atom is -0.507 e. The molecule has 0 radical (unpaired) electrons. The van der Waals surface area contributed by atoms with E-state index in [1.165, 1.54) is 31.3 Å². The van der Waals surface area contributed by atoms with E-state index in [0.717, 1.165) is 0 Å². The second-order valence-electron chi connectivity index (χ2n) is 7.44. The minimum atomic E-state index is -0.951. The number of carbonyl (C=O) groups excluding carboxylic acids is 2. The highest BCUT2D eigenvalue weighted by molar-refractivity contribution is 6.46. The molecule has 1 saturated heterocycles. The van der Waals surface area contributed by atoms with Gasteiger partial charge < -0.3 is 34.1 Å². The van der Waals surface area contributed by atoms with Gasteiger partial charge >= 0.3 is 0 Å². The molecule has 3 rings (SSSR count). The number of aliphatic hydroxyl groups excluding tert-OH is 1. The lowest BCUT2D eigenvalue weighted by Gasteiger charge is -2.25. The van der Waals surface area contributed by atoms with Crippen molar-refractivity contribution < 1.29 is 38.7 Å². The maximum atomic E-state index is 13.1. The molecule has 1 atom stereocenters. The first-order chi connectivity index (χ1) is 16.4. The third-order valence-electron chi connectivity index (χ3n) is 5.41. The standard InChI is InChI=1S/C25H29NO8/c1-5-33-16-8-9-17(20(14-16)34-6-2)23(28)21-22(15-7-10-19(32-4)18(27)13-15)26(11-12-31-3)25(30)24(21)29/h7-10,13-14,22,27-28H,5-6,11-12H2,1-4H3/b23-21-. The molecule has 0 bridgehead atoms. The summed E-state index contributed by atoms with van der Waals surface area (Å²) >= 11 is 0. The molecule has 9 heteroatoms. The number of carbonyl (C=O) groups is 2. The van der Waals surface area contributed by atoms with Gasteiger partial charge in [-0.05, 0) is 43.7 Å². The van der Waals surface area contributed by atoms with Crippen molar-refractivity contribution in [1.29, 1.82) is 0 Å². The van der Waals surface area contributed by atoms with Crippen LogP contribution in [0.2, 0.25) is 0 Å². The summed E-state index contributed by atoms with van der Waals surface area (Å²) in [6.07, 6.45) is 0. The summed E-state index contributed by atoms with van der Waals surface area (Å²) in [6.45, 7) is 4.69. The van der Waals surface area contributed by atoms with Gasteiger partial charge in [0.05, 0.1) is 44.1 Å². The Kier molecular flexibility index (Phi) is 8.01. The number of phenolic OH excluding ortho intramolecular Hbond substituents is 1. The Morgan fingerprint density at radius 3 is 2.35 bits per heavy atom. The maximum absolute atomic E-state index is 13.1. The number of amides is 1. The zero-order valence-electron chi connectivity index (χ0n) is 19.7. The van der Waals surface area contributed by atoms with E-state index >= 15 is 0 Å². The van der Waals surface area contributed by atoms with E-state index in [-0.39, 0.29) is 41.5 Å². The van der Waals surface area contributed by atoms with Crippen LogP contribution in [0.1, 0.15) is 31.0 Å². The summed E-state index contributed by atoms with van der Waals surface area (Å²) in [4.78, 5) is 27.4. The highest BCUT2D eigenvalue weighted by Crippen LogP contribution is 2.43. The largest absolute Gasteiger partial charge is 0.507 e.